The van der Waals surface area contributed by atoms with Gasteiger partial charge in [0.2, 0.25) is 5.91 Å². The van der Waals surface area contributed by atoms with E-state index in [2.05, 4.69) is 26.2 Å². The molecule has 7 N–H and O–H groups in total. The summed E-state index contributed by atoms with van der Waals surface area (Å²) in [5.74, 6) is -6.08. The third-order valence-electron chi connectivity index (χ3n) is 5.69. The van der Waals surface area contributed by atoms with Crippen molar-refractivity contribution in [3.63, 3.8) is 0 Å². The zero-order valence-corrected chi connectivity index (χ0v) is 19.9. The van der Waals surface area contributed by atoms with Crippen LogP contribution in [-0.2, 0) is 14.3 Å². The molecular weight excluding hydrogens is 528 g/mol. The quantitative estimate of drug-likeness (QED) is 0.255. The summed E-state index contributed by atoms with van der Waals surface area (Å²) < 4.78 is 12.1. The zero-order valence-electron chi connectivity index (χ0n) is 17.5. The summed E-state index contributed by atoms with van der Waals surface area (Å²) in [5, 5.41) is 53.8. The Morgan fingerprint density at radius 3 is 2.64 bits per heavy atom. The largest absolute Gasteiger partial charge is 0.476 e. The fourth-order valence-electron chi connectivity index (χ4n) is 3.90. The van der Waals surface area contributed by atoms with Crippen LogP contribution in [0.4, 0.5) is 0 Å². The normalized spacial score (nSPS) is 29.5. The van der Waals surface area contributed by atoms with Gasteiger partial charge in [-0.05, 0) is 28.1 Å². The molecule has 1 aliphatic rings. The Bertz CT molecular complexity index is 1050. The van der Waals surface area contributed by atoms with Gasteiger partial charge >= 0.3 is 11.8 Å². The van der Waals surface area contributed by atoms with Crippen LogP contribution in [0.15, 0.2) is 22.8 Å². The van der Waals surface area contributed by atoms with Crippen molar-refractivity contribution in [1.82, 2.24) is 10.3 Å². The SMILES string of the molecule is CC(=O)N[C@@H]1[C@H](O)[C@H](C)[C@](Oc2c[nH]c3ccc(Br)c(Cl)c23)(C(=O)O)O[C@H]1[C@@H](O)[C@@H](O)CO. The first-order chi connectivity index (χ1) is 15.4. The fourth-order valence-corrected chi connectivity index (χ4v) is 4.49. The van der Waals surface area contributed by atoms with Gasteiger partial charge in [-0.15, -0.1) is 0 Å². The van der Waals surface area contributed by atoms with E-state index < -0.39 is 60.6 Å². The first-order valence-corrected chi connectivity index (χ1v) is 11.1. The van der Waals surface area contributed by atoms with Crippen LogP contribution in [0.2, 0.25) is 5.02 Å². The molecule has 11 nitrogen and oxygen atoms in total. The Hall–Kier alpha value is -1.93. The Labute approximate surface area is 201 Å². The number of hydrogen-bond acceptors (Lipinski definition) is 8. The monoisotopic (exact) mass is 550 g/mol. The number of benzene rings is 1. The highest BCUT2D eigenvalue weighted by Crippen LogP contribution is 2.43. The molecule has 0 saturated carbocycles. The van der Waals surface area contributed by atoms with Gasteiger partial charge in [-0.3, -0.25) is 4.79 Å². The zero-order chi connectivity index (χ0) is 24.7. The van der Waals surface area contributed by atoms with E-state index in [1.54, 1.807) is 12.1 Å². The molecule has 0 radical (unpaired) electrons. The summed E-state index contributed by atoms with van der Waals surface area (Å²) in [7, 11) is 0. The van der Waals surface area contributed by atoms with E-state index in [0.29, 0.717) is 15.4 Å². The number of aromatic nitrogens is 1. The van der Waals surface area contributed by atoms with E-state index in [4.69, 9.17) is 21.1 Å². The highest BCUT2D eigenvalue weighted by molar-refractivity contribution is 9.10. The molecule has 33 heavy (non-hydrogen) atoms. The van der Waals surface area contributed by atoms with Gasteiger partial charge in [-0.1, -0.05) is 18.5 Å². The lowest BCUT2D eigenvalue weighted by atomic mass is 9.81. The van der Waals surface area contributed by atoms with Gasteiger partial charge in [-0.25, -0.2) is 4.79 Å². The summed E-state index contributed by atoms with van der Waals surface area (Å²) in [5.41, 5.74) is 0.533. The second kappa shape index (κ2) is 9.74. The number of carbonyl (C=O) groups is 2. The number of carboxylic acids is 1. The predicted octanol–water partition coefficient (Wildman–Crippen LogP) is 0.358. The number of H-pyrrole nitrogens is 1. The number of carbonyl (C=O) groups excluding carboxylic acids is 1. The molecule has 1 aromatic heterocycles. The van der Waals surface area contributed by atoms with Gasteiger partial charge in [0.15, 0.2) is 5.75 Å². The molecule has 0 bridgehead atoms. The number of hydrogen-bond donors (Lipinski definition) is 7. The van der Waals surface area contributed by atoms with Crippen molar-refractivity contribution in [2.45, 2.75) is 50.1 Å². The molecule has 1 aliphatic heterocycles. The molecular formula is C20H24BrClN2O9. The fraction of sp³-hybridized carbons (Fsp3) is 0.500. The number of halogens is 2. The summed E-state index contributed by atoms with van der Waals surface area (Å²) in [6, 6.07) is 2.05. The van der Waals surface area contributed by atoms with E-state index in [1.165, 1.54) is 13.1 Å². The van der Waals surface area contributed by atoms with Gasteiger partial charge < -0.3 is 45.3 Å². The third-order valence-corrected chi connectivity index (χ3v) is 6.97. The number of ether oxygens (including phenoxy) is 2. The van der Waals surface area contributed by atoms with E-state index in [0.717, 1.165) is 6.92 Å². The molecule has 182 valence electrons. The van der Waals surface area contributed by atoms with Crippen molar-refractivity contribution in [1.29, 1.82) is 0 Å². The molecule has 1 saturated heterocycles. The summed E-state index contributed by atoms with van der Waals surface area (Å²) in [6.07, 6.45) is -5.51. The van der Waals surface area contributed by atoms with E-state index in [9.17, 15) is 35.1 Å². The Morgan fingerprint density at radius 2 is 2.06 bits per heavy atom. The Kier molecular flexibility index (Phi) is 7.58. The van der Waals surface area contributed by atoms with E-state index in [1.807, 2.05) is 0 Å². The van der Waals surface area contributed by atoms with Crippen LogP contribution in [0.25, 0.3) is 10.9 Å². The van der Waals surface area contributed by atoms with Crippen LogP contribution in [-0.4, -0.2) is 85.2 Å². The molecule has 1 fully saturated rings. The van der Waals surface area contributed by atoms with Crippen LogP contribution in [0.3, 0.4) is 0 Å². The average molecular weight is 552 g/mol. The number of rotatable bonds is 7. The summed E-state index contributed by atoms with van der Waals surface area (Å²) in [6.45, 7) is 1.61. The van der Waals surface area contributed by atoms with E-state index >= 15 is 0 Å². The third kappa shape index (κ3) is 4.56. The molecule has 1 amide bonds. The highest BCUT2D eigenvalue weighted by atomic mass is 79.9. The van der Waals surface area contributed by atoms with Gasteiger partial charge in [0.1, 0.15) is 18.3 Å². The second-order valence-electron chi connectivity index (χ2n) is 7.84. The summed E-state index contributed by atoms with van der Waals surface area (Å²) in [4.78, 5) is 27.1. The maximum atomic E-state index is 12.5. The molecule has 0 aliphatic carbocycles. The minimum absolute atomic E-state index is 0.00771. The maximum Gasteiger partial charge on any atom is 0.377 e. The van der Waals surface area contributed by atoms with Crippen molar-refractivity contribution in [3.8, 4) is 5.75 Å². The molecule has 0 unspecified atom stereocenters. The van der Waals surface area contributed by atoms with Crippen LogP contribution in [0, 0.1) is 5.92 Å². The van der Waals surface area contributed by atoms with Gasteiger partial charge in [-0.2, -0.15) is 0 Å². The van der Waals surface area contributed by atoms with E-state index in [-0.39, 0.29) is 10.8 Å². The van der Waals surface area contributed by atoms with Gasteiger partial charge in [0, 0.05) is 17.6 Å². The summed E-state index contributed by atoms with van der Waals surface area (Å²) >= 11 is 9.66. The number of fused-ring (bicyclic) bond motifs is 1. The number of aliphatic hydroxyl groups excluding tert-OH is 4. The molecule has 3 rings (SSSR count). The number of aliphatic carboxylic acids is 1. The Balaban J connectivity index is 2.11. The molecule has 13 heteroatoms. The minimum atomic E-state index is -2.56. The molecule has 7 atom stereocenters. The topological polar surface area (TPSA) is 182 Å². The number of amides is 1. The molecule has 1 aromatic carbocycles. The Morgan fingerprint density at radius 1 is 1.39 bits per heavy atom. The van der Waals surface area contributed by atoms with Crippen molar-refractivity contribution < 1.29 is 44.6 Å². The lowest BCUT2D eigenvalue weighted by Gasteiger charge is -2.49. The molecule has 2 heterocycles. The standard InChI is InChI=1S/C20H24BrClN2O9/c1-7-16(28)15(24-8(2)26)18(17(29)11(27)6-25)33-20(7,19(30)31)32-12-5-23-10-4-3-9(21)14(22)13(10)12/h3-5,7,11,15-18,23,25,27-29H,6H2,1-2H3,(H,24,26)(H,30,31)/t7-,11-,15+,16+,17-,18+,20+/m0/s1. The van der Waals surface area contributed by atoms with Crippen LogP contribution >= 0.6 is 27.5 Å². The predicted molar refractivity (Wildman–Crippen MR) is 119 cm³/mol. The first-order valence-electron chi connectivity index (χ1n) is 9.92. The van der Waals surface area contributed by atoms with Crippen molar-refractivity contribution >= 4 is 50.3 Å². The number of nitrogens with one attached hydrogen (secondary N) is 2. The lowest BCUT2D eigenvalue weighted by Crippen LogP contribution is -2.72. The van der Waals surface area contributed by atoms with Crippen LogP contribution in [0.5, 0.6) is 5.75 Å². The molecule has 2 aromatic rings. The van der Waals surface area contributed by atoms with Gasteiger partial charge in [0.05, 0.1) is 40.6 Å². The maximum absolute atomic E-state index is 12.5. The van der Waals surface area contributed by atoms with Crippen molar-refractivity contribution in [3.05, 3.63) is 27.8 Å². The lowest BCUT2D eigenvalue weighted by molar-refractivity contribution is -0.306. The van der Waals surface area contributed by atoms with Crippen LogP contribution < -0.4 is 10.1 Å². The first kappa shape index (κ1) is 25.7. The van der Waals surface area contributed by atoms with Crippen molar-refractivity contribution in [2.24, 2.45) is 5.92 Å². The minimum Gasteiger partial charge on any atom is -0.476 e. The number of aromatic amines is 1. The smallest absolute Gasteiger partial charge is 0.377 e. The number of aliphatic hydroxyl groups is 4. The number of carboxylic acid groups (broad SMARTS) is 1. The average Bonchev–Trinajstić information content (AvgIpc) is 3.17. The highest BCUT2D eigenvalue weighted by Gasteiger charge is 2.61. The van der Waals surface area contributed by atoms with Crippen LogP contribution in [0.1, 0.15) is 13.8 Å². The molecule has 0 spiro atoms. The van der Waals surface area contributed by atoms with Gasteiger partial charge in [0.25, 0.3) is 0 Å². The van der Waals surface area contributed by atoms with Crippen molar-refractivity contribution in [2.75, 3.05) is 6.61 Å². The second-order valence-corrected chi connectivity index (χ2v) is 9.07.